The van der Waals surface area contributed by atoms with Crippen LogP contribution in [0.3, 0.4) is 0 Å². The number of rotatable bonds is 5. The molecule has 0 aromatic carbocycles. The van der Waals surface area contributed by atoms with Gasteiger partial charge in [-0.25, -0.2) is 9.78 Å². The molecule has 2 heterocycles. The summed E-state index contributed by atoms with van der Waals surface area (Å²) in [4.78, 5) is 31.4. The minimum Gasteiger partial charge on any atom is -0.361 e. The Morgan fingerprint density at radius 1 is 1.32 bits per heavy atom. The highest BCUT2D eigenvalue weighted by Gasteiger charge is 2.13. The van der Waals surface area contributed by atoms with E-state index in [0.717, 1.165) is 6.04 Å². The summed E-state index contributed by atoms with van der Waals surface area (Å²) in [6.07, 6.45) is 1.49. The number of hydrogen-bond acceptors (Lipinski definition) is 4. The molecule has 0 aliphatic heterocycles. The lowest BCUT2D eigenvalue weighted by Gasteiger charge is -2.15. The zero-order valence-corrected chi connectivity index (χ0v) is 12.3. The molecule has 0 aliphatic rings. The highest BCUT2D eigenvalue weighted by molar-refractivity contribution is 6.76. The number of aromatic nitrogens is 4. The molecule has 0 saturated carbocycles. The average Bonchev–Trinajstić information content (AvgIpc) is 2.66. The number of ether oxygens (including phenoxy) is 1. The predicted octanol–water partition coefficient (Wildman–Crippen LogP) is 0.725. The van der Waals surface area contributed by atoms with Crippen molar-refractivity contribution in [3.05, 3.63) is 27.2 Å². The molecule has 0 atom stereocenters. The molecule has 0 fully saturated rings. The lowest BCUT2D eigenvalue weighted by molar-refractivity contribution is 0.0897. The first-order valence-electron chi connectivity index (χ1n) is 6.12. The van der Waals surface area contributed by atoms with Crippen LogP contribution in [0.4, 0.5) is 0 Å². The van der Waals surface area contributed by atoms with E-state index in [2.05, 4.69) is 34.6 Å². The second-order valence-electron chi connectivity index (χ2n) is 5.67. The molecule has 8 heteroatoms. The molecule has 0 radical (unpaired) electrons. The molecular weight excluding hydrogens is 264 g/mol. The number of fused-ring (bicyclic) bond motifs is 1. The van der Waals surface area contributed by atoms with Gasteiger partial charge in [-0.3, -0.25) is 14.8 Å². The molecule has 0 spiro atoms. The van der Waals surface area contributed by atoms with Crippen LogP contribution in [0.1, 0.15) is 0 Å². The Balaban J connectivity index is 2.10. The van der Waals surface area contributed by atoms with Crippen molar-refractivity contribution in [3.8, 4) is 0 Å². The zero-order valence-electron chi connectivity index (χ0n) is 11.3. The maximum absolute atomic E-state index is 11.7. The first-order chi connectivity index (χ1) is 8.87. The second-order valence-corrected chi connectivity index (χ2v) is 11.3. The van der Waals surface area contributed by atoms with Gasteiger partial charge in [0, 0.05) is 14.7 Å². The molecule has 0 amide bonds. The van der Waals surface area contributed by atoms with Gasteiger partial charge in [-0.05, 0) is 6.04 Å². The number of imidazole rings is 1. The Bertz CT molecular complexity index is 680. The summed E-state index contributed by atoms with van der Waals surface area (Å²) in [6, 6.07) is 1.06. The first-order valence-corrected chi connectivity index (χ1v) is 9.83. The van der Waals surface area contributed by atoms with Gasteiger partial charge < -0.3 is 9.30 Å². The van der Waals surface area contributed by atoms with E-state index in [-0.39, 0.29) is 12.4 Å². The number of H-pyrrole nitrogens is 2. The van der Waals surface area contributed by atoms with Crippen LogP contribution >= 0.6 is 0 Å². The monoisotopic (exact) mass is 282 g/mol. The third kappa shape index (κ3) is 3.41. The van der Waals surface area contributed by atoms with Gasteiger partial charge in [0.05, 0.1) is 6.33 Å². The fraction of sp³-hybridized carbons (Fsp3) is 0.545. The van der Waals surface area contributed by atoms with Gasteiger partial charge in [-0.1, -0.05) is 19.6 Å². The van der Waals surface area contributed by atoms with Crippen molar-refractivity contribution in [1.29, 1.82) is 0 Å². The normalized spacial score (nSPS) is 12.2. The van der Waals surface area contributed by atoms with E-state index < -0.39 is 19.3 Å². The van der Waals surface area contributed by atoms with Crippen LogP contribution in [0.15, 0.2) is 15.9 Å². The van der Waals surface area contributed by atoms with Gasteiger partial charge in [0.2, 0.25) is 0 Å². The Kier molecular flexibility index (Phi) is 3.72. The summed E-state index contributed by atoms with van der Waals surface area (Å²) in [7, 11) is -1.12. The maximum atomic E-state index is 11.7. The molecule has 0 saturated heterocycles. The summed E-state index contributed by atoms with van der Waals surface area (Å²) in [5.74, 6) is 0. The molecule has 2 aromatic rings. The lowest BCUT2D eigenvalue weighted by Crippen LogP contribution is -2.24. The van der Waals surface area contributed by atoms with Crippen molar-refractivity contribution in [3.63, 3.8) is 0 Å². The van der Waals surface area contributed by atoms with Crippen LogP contribution < -0.4 is 11.2 Å². The summed E-state index contributed by atoms with van der Waals surface area (Å²) >= 11 is 0. The standard InChI is InChI=1S/C11H18N4O3Si/c1-19(2,3)5-4-18-7-15-6-12-9-8(15)10(16)14-11(17)13-9/h6H,4-5,7H2,1-3H3,(H2,13,14,16,17). The van der Waals surface area contributed by atoms with Crippen LogP contribution in [0.25, 0.3) is 11.2 Å². The fourth-order valence-corrected chi connectivity index (χ4v) is 2.41. The fourth-order valence-electron chi connectivity index (χ4n) is 1.65. The second kappa shape index (κ2) is 5.14. The summed E-state index contributed by atoms with van der Waals surface area (Å²) in [6.45, 7) is 7.75. The number of aromatic amines is 2. The molecule has 0 aliphatic carbocycles. The molecule has 0 unspecified atom stereocenters. The first kappa shape index (κ1) is 13.8. The van der Waals surface area contributed by atoms with Crippen LogP contribution in [0.5, 0.6) is 0 Å². The lowest BCUT2D eigenvalue weighted by atomic mass is 10.5. The highest BCUT2D eigenvalue weighted by Crippen LogP contribution is 2.08. The third-order valence-electron chi connectivity index (χ3n) is 2.74. The van der Waals surface area contributed by atoms with Crippen molar-refractivity contribution >= 4 is 19.2 Å². The van der Waals surface area contributed by atoms with Gasteiger partial charge >= 0.3 is 5.69 Å². The average molecular weight is 282 g/mol. The molecule has 19 heavy (non-hydrogen) atoms. The van der Waals surface area contributed by atoms with Crippen LogP contribution in [-0.2, 0) is 11.5 Å². The van der Waals surface area contributed by atoms with Gasteiger partial charge in [0.15, 0.2) is 11.2 Å². The number of nitrogens with zero attached hydrogens (tertiary/aromatic N) is 2. The Labute approximate surface area is 110 Å². The van der Waals surface area contributed by atoms with E-state index in [4.69, 9.17) is 4.74 Å². The largest absolute Gasteiger partial charge is 0.361 e. The SMILES string of the molecule is C[Si](C)(C)CCOCn1cnc2[nH]c(=O)[nH]c(=O)c21. The van der Waals surface area contributed by atoms with Crippen LogP contribution in [0.2, 0.25) is 25.7 Å². The molecular formula is C11H18N4O3Si. The van der Waals surface area contributed by atoms with Gasteiger partial charge in [0.1, 0.15) is 6.73 Å². The molecule has 2 rings (SSSR count). The Morgan fingerprint density at radius 2 is 2.05 bits per heavy atom. The molecule has 104 valence electrons. The third-order valence-corrected chi connectivity index (χ3v) is 4.44. The number of hydrogen-bond donors (Lipinski definition) is 2. The van der Waals surface area contributed by atoms with Crippen molar-refractivity contribution < 1.29 is 4.74 Å². The highest BCUT2D eigenvalue weighted by atomic mass is 28.3. The minimum atomic E-state index is -1.12. The molecule has 0 bridgehead atoms. The van der Waals surface area contributed by atoms with Crippen molar-refractivity contribution in [2.24, 2.45) is 0 Å². The topological polar surface area (TPSA) is 92.8 Å². The van der Waals surface area contributed by atoms with Gasteiger partial charge in [-0.2, -0.15) is 0 Å². The van der Waals surface area contributed by atoms with E-state index in [9.17, 15) is 9.59 Å². The summed E-state index contributed by atoms with van der Waals surface area (Å²) < 4.78 is 7.15. The van der Waals surface area contributed by atoms with Gasteiger partial charge in [0.25, 0.3) is 5.56 Å². The van der Waals surface area contributed by atoms with E-state index in [0.29, 0.717) is 12.1 Å². The smallest absolute Gasteiger partial charge is 0.327 e. The Hall–Kier alpha value is -1.67. The summed E-state index contributed by atoms with van der Waals surface area (Å²) in [5.41, 5.74) is -0.400. The zero-order chi connectivity index (χ0) is 14.0. The van der Waals surface area contributed by atoms with E-state index in [1.165, 1.54) is 6.33 Å². The predicted molar refractivity (Wildman–Crippen MR) is 75.1 cm³/mol. The van der Waals surface area contributed by atoms with E-state index in [1.54, 1.807) is 4.57 Å². The maximum Gasteiger partial charge on any atom is 0.327 e. The van der Waals surface area contributed by atoms with Crippen molar-refractivity contribution in [2.45, 2.75) is 32.4 Å². The van der Waals surface area contributed by atoms with E-state index in [1.807, 2.05) is 0 Å². The van der Waals surface area contributed by atoms with E-state index >= 15 is 0 Å². The molecule has 2 N–H and O–H groups in total. The van der Waals surface area contributed by atoms with Crippen LogP contribution in [0, 0.1) is 0 Å². The van der Waals surface area contributed by atoms with Crippen molar-refractivity contribution in [2.75, 3.05) is 6.61 Å². The van der Waals surface area contributed by atoms with Crippen LogP contribution in [-0.4, -0.2) is 34.2 Å². The minimum absolute atomic E-state index is 0.260. The number of nitrogens with one attached hydrogen (secondary N) is 2. The van der Waals surface area contributed by atoms with Crippen molar-refractivity contribution in [1.82, 2.24) is 19.5 Å². The molecule has 2 aromatic heterocycles. The summed E-state index contributed by atoms with van der Waals surface area (Å²) in [5, 5.41) is 0. The molecule has 7 nitrogen and oxygen atoms in total. The quantitative estimate of drug-likeness (QED) is 0.624. The Morgan fingerprint density at radius 3 is 2.74 bits per heavy atom. The van der Waals surface area contributed by atoms with Gasteiger partial charge in [-0.15, -0.1) is 0 Å².